The topological polar surface area (TPSA) is 61.4 Å². The smallest absolute Gasteiger partial charge is 0.234 e. The van der Waals surface area contributed by atoms with Crippen molar-refractivity contribution in [3.8, 4) is 0 Å². The van der Waals surface area contributed by atoms with E-state index in [1.807, 2.05) is 51.1 Å². The van der Waals surface area contributed by atoms with Gasteiger partial charge >= 0.3 is 0 Å². The Morgan fingerprint density at radius 3 is 2.55 bits per heavy atom. The van der Waals surface area contributed by atoms with E-state index in [-0.39, 0.29) is 18.0 Å². The Balaban J connectivity index is 2.14. The van der Waals surface area contributed by atoms with E-state index in [1.54, 1.807) is 6.54 Å². The average Bonchev–Trinajstić information content (AvgIpc) is 2.35. The van der Waals surface area contributed by atoms with E-state index in [1.165, 1.54) is 5.56 Å². The third-order valence-corrected chi connectivity index (χ3v) is 2.66. The van der Waals surface area contributed by atoms with Crippen LogP contribution in [-0.2, 0) is 11.2 Å². The maximum Gasteiger partial charge on any atom is 0.234 e. The zero-order valence-electron chi connectivity index (χ0n) is 12.5. The highest BCUT2D eigenvalue weighted by molar-refractivity contribution is 5.78. The maximum absolute atomic E-state index is 11.5. The highest BCUT2D eigenvalue weighted by Crippen LogP contribution is 2.05. The molecule has 0 heterocycles. The Morgan fingerprint density at radius 1 is 1.30 bits per heavy atom. The Morgan fingerprint density at radius 2 is 1.95 bits per heavy atom. The van der Waals surface area contributed by atoms with Crippen LogP contribution in [0.2, 0.25) is 0 Å². The van der Waals surface area contributed by atoms with E-state index in [0.29, 0.717) is 6.42 Å². The first-order chi connectivity index (χ1) is 9.37. The van der Waals surface area contributed by atoms with Crippen LogP contribution in [0.4, 0.5) is 0 Å². The number of aliphatic hydroxyl groups excluding tert-OH is 1. The second-order valence-corrected chi connectivity index (χ2v) is 5.94. The minimum atomic E-state index is -0.558. The molecule has 1 aromatic carbocycles. The molecule has 0 saturated carbocycles. The van der Waals surface area contributed by atoms with E-state index in [9.17, 15) is 9.90 Å². The Hall–Kier alpha value is -1.39. The number of nitrogens with one attached hydrogen (secondary N) is 2. The zero-order chi connectivity index (χ0) is 15.0. The highest BCUT2D eigenvalue weighted by atomic mass is 16.3. The molecule has 0 aliphatic carbocycles. The lowest BCUT2D eigenvalue weighted by atomic mass is 10.1. The van der Waals surface area contributed by atoms with Gasteiger partial charge in [0.05, 0.1) is 19.2 Å². The van der Waals surface area contributed by atoms with Gasteiger partial charge in [0.2, 0.25) is 5.91 Å². The van der Waals surface area contributed by atoms with Crippen molar-refractivity contribution in [1.82, 2.24) is 10.6 Å². The van der Waals surface area contributed by atoms with Crippen LogP contribution < -0.4 is 10.6 Å². The molecule has 1 atom stereocenters. The van der Waals surface area contributed by atoms with Crippen molar-refractivity contribution in [2.75, 3.05) is 6.54 Å². The standard InChI is InChI=1S/C16H25N2O2/c1-16(2,3)18-15(20)12-17-11-14(19)10-9-13-7-5-4-6-8-13/h4-8,11,14,17,19H,9-10,12H2,1-3H3,(H,18,20). The second-order valence-electron chi connectivity index (χ2n) is 5.94. The van der Waals surface area contributed by atoms with E-state index < -0.39 is 6.10 Å². The Labute approximate surface area is 121 Å². The first-order valence-electron chi connectivity index (χ1n) is 6.96. The fraction of sp³-hybridized carbons (Fsp3) is 0.500. The normalized spacial score (nSPS) is 13.0. The van der Waals surface area contributed by atoms with Gasteiger partial charge in [0.15, 0.2) is 0 Å². The molecule has 20 heavy (non-hydrogen) atoms. The summed E-state index contributed by atoms with van der Waals surface area (Å²) < 4.78 is 0. The van der Waals surface area contributed by atoms with Crippen LogP contribution in [0.25, 0.3) is 0 Å². The van der Waals surface area contributed by atoms with Gasteiger partial charge in [0.25, 0.3) is 0 Å². The number of hydrogen-bond acceptors (Lipinski definition) is 3. The molecule has 0 spiro atoms. The monoisotopic (exact) mass is 277 g/mol. The first kappa shape index (κ1) is 16.7. The number of carbonyl (C=O) groups is 1. The predicted molar refractivity (Wildman–Crippen MR) is 81.0 cm³/mol. The molecule has 4 heteroatoms. The minimum Gasteiger partial charge on any atom is -0.391 e. The summed E-state index contributed by atoms with van der Waals surface area (Å²) in [5, 5.41) is 15.5. The number of rotatable bonds is 7. The molecule has 0 fully saturated rings. The fourth-order valence-electron chi connectivity index (χ4n) is 1.79. The van der Waals surface area contributed by atoms with Crippen molar-refractivity contribution in [3.63, 3.8) is 0 Å². The van der Waals surface area contributed by atoms with Crippen LogP contribution in [-0.4, -0.2) is 29.2 Å². The SMILES string of the molecule is CC(C)(C)NC(=O)CN[CH]C(O)CCc1ccccc1. The number of aliphatic hydroxyl groups is 1. The molecule has 1 aromatic rings. The largest absolute Gasteiger partial charge is 0.391 e. The van der Waals surface area contributed by atoms with Gasteiger partial charge in [-0.3, -0.25) is 4.79 Å². The molecule has 0 aliphatic heterocycles. The second kappa shape index (κ2) is 8.02. The predicted octanol–water partition coefficient (Wildman–Crippen LogP) is 1.65. The summed E-state index contributed by atoms with van der Waals surface area (Å²) in [4.78, 5) is 11.5. The molecule has 0 aliphatic rings. The van der Waals surface area contributed by atoms with E-state index >= 15 is 0 Å². The molecule has 4 nitrogen and oxygen atoms in total. The molecule has 0 aromatic heterocycles. The molecule has 3 N–H and O–H groups in total. The van der Waals surface area contributed by atoms with Gasteiger partial charge in [-0.2, -0.15) is 0 Å². The number of aryl methyl sites for hydroxylation is 1. The minimum absolute atomic E-state index is 0.0796. The molecule has 1 amide bonds. The van der Waals surface area contributed by atoms with Crippen molar-refractivity contribution in [3.05, 3.63) is 42.4 Å². The lowest BCUT2D eigenvalue weighted by molar-refractivity contribution is -0.121. The summed E-state index contributed by atoms with van der Waals surface area (Å²) in [5.41, 5.74) is 0.968. The van der Waals surface area contributed by atoms with Crippen LogP contribution in [0.1, 0.15) is 32.8 Å². The van der Waals surface area contributed by atoms with Crippen molar-refractivity contribution in [2.45, 2.75) is 45.3 Å². The van der Waals surface area contributed by atoms with Crippen LogP contribution >= 0.6 is 0 Å². The van der Waals surface area contributed by atoms with E-state index in [2.05, 4.69) is 10.6 Å². The van der Waals surface area contributed by atoms with Crippen molar-refractivity contribution in [2.24, 2.45) is 0 Å². The highest BCUT2D eigenvalue weighted by Gasteiger charge is 2.13. The van der Waals surface area contributed by atoms with Crippen LogP contribution in [0.3, 0.4) is 0 Å². The van der Waals surface area contributed by atoms with Crippen LogP contribution in [0.5, 0.6) is 0 Å². The number of hydrogen-bond donors (Lipinski definition) is 3. The Kier molecular flexibility index (Phi) is 6.68. The lowest BCUT2D eigenvalue weighted by Crippen LogP contribution is -2.45. The summed E-state index contributed by atoms with van der Waals surface area (Å²) in [6, 6.07) is 10.0. The van der Waals surface area contributed by atoms with E-state index in [0.717, 1.165) is 6.42 Å². The molecule has 1 rings (SSSR count). The van der Waals surface area contributed by atoms with E-state index in [4.69, 9.17) is 0 Å². The number of amides is 1. The summed E-state index contributed by atoms with van der Waals surface area (Å²) in [6.07, 6.45) is 0.893. The van der Waals surface area contributed by atoms with Crippen LogP contribution in [0.15, 0.2) is 30.3 Å². The summed E-state index contributed by atoms with van der Waals surface area (Å²) in [7, 11) is 0. The molecule has 1 unspecified atom stereocenters. The summed E-state index contributed by atoms with van der Waals surface area (Å²) in [5.74, 6) is -0.0796. The van der Waals surface area contributed by atoms with Gasteiger partial charge < -0.3 is 15.7 Å². The van der Waals surface area contributed by atoms with Gasteiger partial charge in [0, 0.05) is 5.54 Å². The molecule has 111 valence electrons. The van der Waals surface area contributed by atoms with Crippen molar-refractivity contribution in [1.29, 1.82) is 0 Å². The fourth-order valence-corrected chi connectivity index (χ4v) is 1.79. The van der Waals surface area contributed by atoms with Gasteiger partial charge in [-0.1, -0.05) is 30.3 Å². The first-order valence-corrected chi connectivity index (χ1v) is 6.96. The molecule has 1 radical (unpaired) electrons. The third kappa shape index (κ3) is 7.92. The maximum atomic E-state index is 11.5. The average molecular weight is 277 g/mol. The van der Waals surface area contributed by atoms with Crippen LogP contribution in [0, 0.1) is 6.54 Å². The number of carbonyl (C=O) groups excluding carboxylic acids is 1. The van der Waals surface area contributed by atoms with Gasteiger partial charge in [-0.05, 0) is 39.2 Å². The number of benzene rings is 1. The van der Waals surface area contributed by atoms with Gasteiger partial charge in [0.1, 0.15) is 0 Å². The molecular weight excluding hydrogens is 252 g/mol. The van der Waals surface area contributed by atoms with Crippen molar-refractivity contribution >= 4 is 5.91 Å². The van der Waals surface area contributed by atoms with Crippen molar-refractivity contribution < 1.29 is 9.90 Å². The summed E-state index contributed by atoms with van der Waals surface area (Å²) in [6.45, 7) is 7.56. The Bertz CT molecular complexity index is 399. The molecule has 0 bridgehead atoms. The van der Waals surface area contributed by atoms with Gasteiger partial charge in [-0.15, -0.1) is 0 Å². The summed E-state index contributed by atoms with van der Waals surface area (Å²) >= 11 is 0. The molecule has 0 saturated heterocycles. The van der Waals surface area contributed by atoms with Gasteiger partial charge in [-0.25, -0.2) is 0 Å². The quantitative estimate of drug-likeness (QED) is 0.710. The lowest BCUT2D eigenvalue weighted by Gasteiger charge is -2.20. The molecular formula is C16H25N2O2. The zero-order valence-corrected chi connectivity index (χ0v) is 12.5. The third-order valence-electron chi connectivity index (χ3n) is 2.66.